The molecule has 0 atom stereocenters. The van der Waals surface area contributed by atoms with E-state index in [1.165, 1.54) is 50.3 Å². The van der Waals surface area contributed by atoms with Crippen LogP contribution in [0.3, 0.4) is 0 Å². The van der Waals surface area contributed by atoms with Crippen LogP contribution in [-0.4, -0.2) is 101 Å². The molecule has 4 heterocycles. The summed E-state index contributed by atoms with van der Waals surface area (Å²) in [5.74, 6) is -0.989. The van der Waals surface area contributed by atoms with Gasteiger partial charge in [0, 0.05) is 66.4 Å². The fraction of sp³-hybridized carbons (Fsp3) is 0.312. The van der Waals surface area contributed by atoms with E-state index in [0.29, 0.717) is 37.8 Å². The van der Waals surface area contributed by atoms with E-state index in [4.69, 9.17) is 18.9 Å². The molecule has 4 aromatic carbocycles. The van der Waals surface area contributed by atoms with Crippen LogP contribution in [0.4, 0.5) is 0 Å². The Balaban J connectivity index is 0.000000195. The van der Waals surface area contributed by atoms with E-state index in [2.05, 4.69) is 15.3 Å². The summed E-state index contributed by atoms with van der Waals surface area (Å²) >= 11 is 0. The Labute approximate surface area is 377 Å². The second kappa shape index (κ2) is 19.0. The molecule has 340 valence electrons. The molecule has 0 saturated carbocycles. The number of benzene rings is 4. The topological polar surface area (TPSA) is 197 Å². The fourth-order valence-electron chi connectivity index (χ4n) is 8.08. The lowest BCUT2D eigenvalue weighted by atomic mass is 9.81. The number of sulfone groups is 2. The third-order valence-electron chi connectivity index (χ3n) is 11.5. The van der Waals surface area contributed by atoms with Gasteiger partial charge in [-0.15, -0.1) is 0 Å². The number of carbonyl (C=O) groups excluding carboxylic acids is 3. The molecule has 0 radical (unpaired) electrons. The van der Waals surface area contributed by atoms with E-state index >= 15 is 0 Å². The van der Waals surface area contributed by atoms with E-state index in [-0.39, 0.29) is 34.5 Å². The third kappa shape index (κ3) is 10.3. The molecule has 0 bridgehead atoms. The SMILES string of the molecule is COC(=O)C1(CS(=O)(=O)c2ccc(OCc3cc(C)nc4ccccc34)cc2)CN(C(C)=O)C1.COC(=O)C1(CS(=O)(=O)c2ccc(OCc3cc(C)nc4ccccc34)cc2)CNC1. The number of nitrogens with one attached hydrogen (secondary N) is 1. The van der Waals surface area contributed by atoms with Gasteiger partial charge in [-0.25, -0.2) is 16.8 Å². The van der Waals surface area contributed by atoms with Gasteiger partial charge in [0.05, 0.1) is 46.5 Å². The summed E-state index contributed by atoms with van der Waals surface area (Å²) in [6.07, 6.45) is 0. The minimum Gasteiger partial charge on any atom is -0.489 e. The Kier molecular flexibility index (Phi) is 13.6. The molecule has 1 N–H and O–H groups in total. The maximum atomic E-state index is 13.1. The predicted octanol–water partition coefficient (Wildman–Crippen LogP) is 5.58. The molecule has 2 fully saturated rings. The van der Waals surface area contributed by atoms with Crippen LogP contribution in [-0.2, 0) is 56.7 Å². The Morgan fingerprint density at radius 1 is 0.615 bits per heavy atom. The minimum absolute atomic E-state index is 0.0226. The number of nitrogens with zero attached hydrogens (tertiary/aromatic N) is 3. The molecule has 6 aromatic rings. The predicted molar refractivity (Wildman–Crippen MR) is 243 cm³/mol. The van der Waals surface area contributed by atoms with E-state index in [9.17, 15) is 31.2 Å². The van der Waals surface area contributed by atoms with Crippen LogP contribution >= 0.6 is 0 Å². The molecule has 0 spiro atoms. The van der Waals surface area contributed by atoms with Crippen molar-refractivity contribution >= 4 is 59.3 Å². The Bertz CT molecular complexity index is 2970. The van der Waals surface area contributed by atoms with Gasteiger partial charge in [-0.3, -0.25) is 24.4 Å². The first-order valence-corrected chi connectivity index (χ1v) is 24.0. The Morgan fingerprint density at radius 2 is 1.02 bits per heavy atom. The standard InChI is InChI=1S/C25H26N2O6S.C23H24N2O5S/c1-17-12-19(22-6-4-5-7-23(22)26-17)13-33-20-8-10-21(11-9-20)34(30,31)16-25(24(29)32-3)14-27(15-25)18(2)28;1-16-11-17(20-5-3-4-6-21(20)25-16)12-30-18-7-9-19(10-8-18)31(27,28)15-23(13-24-14-23)22(26)29-2/h4-12H,13-16H2,1-3H3;3-11,24H,12-15H2,1-2H3. The second-order valence-corrected chi connectivity index (χ2v) is 20.4. The van der Waals surface area contributed by atoms with Gasteiger partial charge in [0.1, 0.15) is 35.5 Å². The number of aryl methyl sites for hydroxylation is 2. The summed E-state index contributed by atoms with van der Waals surface area (Å²) in [6, 6.07) is 32.0. The molecule has 65 heavy (non-hydrogen) atoms. The number of fused-ring (bicyclic) bond motifs is 2. The number of hydrogen-bond acceptors (Lipinski definition) is 14. The maximum absolute atomic E-state index is 13.1. The zero-order valence-electron chi connectivity index (χ0n) is 36.7. The molecule has 17 heteroatoms. The number of hydrogen-bond donors (Lipinski definition) is 1. The van der Waals surface area contributed by atoms with Gasteiger partial charge in [-0.05, 0) is 86.6 Å². The lowest BCUT2D eigenvalue weighted by Gasteiger charge is -2.47. The molecule has 2 aromatic heterocycles. The Morgan fingerprint density at radius 3 is 1.40 bits per heavy atom. The molecule has 2 aliphatic rings. The lowest BCUT2D eigenvalue weighted by Crippen LogP contribution is -2.64. The van der Waals surface area contributed by atoms with E-state index < -0.39 is 48.2 Å². The number of para-hydroxylation sites is 2. The smallest absolute Gasteiger partial charge is 0.316 e. The fourth-order valence-corrected chi connectivity index (χ4v) is 11.6. The van der Waals surface area contributed by atoms with Crippen molar-refractivity contribution in [2.75, 3.05) is 51.9 Å². The largest absolute Gasteiger partial charge is 0.489 e. The van der Waals surface area contributed by atoms with Crippen molar-refractivity contribution in [3.05, 3.63) is 132 Å². The van der Waals surface area contributed by atoms with Gasteiger partial charge in [-0.2, -0.15) is 0 Å². The van der Waals surface area contributed by atoms with Crippen LogP contribution in [0.2, 0.25) is 0 Å². The monoisotopic (exact) mass is 922 g/mol. The highest BCUT2D eigenvalue weighted by Crippen LogP contribution is 2.36. The van der Waals surface area contributed by atoms with Crippen molar-refractivity contribution in [2.45, 2.75) is 43.8 Å². The third-order valence-corrected chi connectivity index (χ3v) is 15.4. The highest BCUT2D eigenvalue weighted by molar-refractivity contribution is 7.91. The zero-order valence-corrected chi connectivity index (χ0v) is 38.3. The molecule has 2 saturated heterocycles. The first-order valence-electron chi connectivity index (χ1n) is 20.7. The number of likely N-dealkylation sites (tertiary alicyclic amines) is 1. The number of pyridine rings is 2. The van der Waals surface area contributed by atoms with Crippen LogP contribution in [0, 0.1) is 24.7 Å². The van der Waals surface area contributed by atoms with Gasteiger partial charge < -0.3 is 29.2 Å². The highest BCUT2D eigenvalue weighted by atomic mass is 32.2. The summed E-state index contributed by atoms with van der Waals surface area (Å²) in [5.41, 5.74) is 3.31. The van der Waals surface area contributed by atoms with Gasteiger partial charge in [0.15, 0.2) is 19.7 Å². The number of amides is 1. The van der Waals surface area contributed by atoms with Gasteiger partial charge in [0.2, 0.25) is 5.91 Å². The molecule has 8 rings (SSSR count). The summed E-state index contributed by atoms with van der Waals surface area (Å²) in [5, 5.41) is 4.98. The summed E-state index contributed by atoms with van der Waals surface area (Å²) in [7, 11) is -4.97. The number of rotatable bonds is 14. The molecule has 0 unspecified atom stereocenters. The number of methoxy groups -OCH3 is 2. The summed E-state index contributed by atoms with van der Waals surface area (Å²) < 4.78 is 73.3. The number of aromatic nitrogens is 2. The maximum Gasteiger partial charge on any atom is 0.316 e. The second-order valence-electron chi connectivity index (χ2n) is 16.4. The first-order chi connectivity index (χ1) is 31.0. The number of esters is 2. The van der Waals surface area contributed by atoms with Crippen molar-refractivity contribution in [3.63, 3.8) is 0 Å². The molecule has 0 aliphatic carbocycles. The van der Waals surface area contributed by atoms with Gasteiger partial charge in [0.25, 0.3) is 0 Å². The highest BCUT2D eigenvalue weighted by Gasteiger charge is 2.54. The molecule has 2 aliphatic heterocycles. The first kappa shape index (κ1) is 46.6. The number of ether oxygens (including phenoxy) is 4. The normalized spacial score (nSPS) is 15.1. The lowest BCUT2D eigenvalue weighted by molar-refractivity contribution is -0.165. The van der Waals surface area contributed by atoms with Crippen LogP contribution in [0.5, 0.6) is 11.5 Å². The van der Waals surface area contributed by atoms with Crippen molar-refractivity contribution < 1.29 is 50.2 Å². The van der Waals surface area contributed by atoms with Crippen molar-refractivity contribution in [1.29, 1.82) is 0 Å². The zero-order chi connectivity index (χ0) is 46.6. The van der Waals surface area contributed by atoms with Crippen molar-refractivity contribution in [2.24, 2.45) is 10.8 Å². The van der Waals surface area contributed by atoms with Crippen molar-refractivity contribution in [1.82, 2.24) is 20.2 Å². The molecule has 15 nitrogen and oxygen atoms in total. The van der Waals surface area contributed by atoms with Gasteiger partial charge in [-0.1, -0.05) is 36.4 Å². The average Bonchev–Trinajstić information content (AvgIpc) is 3.26. The van der Waals surface area contributed by atoms with Crippen LogP contribution in [0.1, 0.15) is 29.4 Å². The summed E-state index contributed by atoms with van der Waals surface area (Å²) in [6.45, 7) is 6.52. The molecular weight excluding hydrogens is 873 g/mol. The van der Waals surface area contributed by atoms with Crippen LogP contribution in [0.15, 0.2) is 119 Å². The van der Waals surface area contributed by atoms with E-state index in [1.807, 2.05) is 74.5 Å². The number of carbonyl (C=O) groups is 3. The van der Waals surface area contributed by atoms with Crippen LogP contribution in [0.25, 0.3) is 21.8 Å². The minimum atomic E-state index is -3.80. The summed E-state index contributed by atoms with van der Waals surface area (Å²) in [4.78, 5) is 46.7. The van der Waals surface area contributed by atoms with Gasteiger partial charge >= 0.3 is 11.9 Å². The van der Waals surface area contributed by atoms with E-state index in [1.54, 1.807) is 24.3 Å². The quantitative estimate of drug-likeness (QED) is 0.133. The Hall–Kier alpha value is -6.43. The van der Waals surface area contributed by atoms with Crippen molar-refractivity contribution in [3.8, 4) is 11.5 Å². The average molecular weight is 923 g/mol. The van der Waals surface area contributed by atoms with E-state index in [0.717, 1.165) is 44.3 Å². The molecule has 1 amide bonds. The molecular formula is C48H50N4O11S2. The van der Waals surface area contributed by atoms with Crippen LogP contribution < -0.4 is 14.8 Å².